The normalized spacial score (nSPS) is 12.9. The maximum Gasteiger partial charge on any atom is 0.164 e. The van der Waals surface area contributed by atoms with Crippen molar-refractivity contribution in [3.63, 3.8) is 0 Å². The van der Waals surface area contributed by atoms with E-state index in [-0.39, 0.29) is 0 Å². The van der Waals surface area contributed by atoms with Crippen LogP contribution in [0.25, 0.3) is 134 Å². The van der Waals surface area contributed by atoms with Crippen LogP contribution in [0.5, 0.6) is 0 Å². The summed E-state index contributed by atoms with van der Waals surface area (Å²) in [6.45, 7) is 0. The Balaban J connectivity index is 0.845. The van der Waals surface area contributed by atoms with Gasteiger partial charge >= 0.3 is 0 Å². The number of aromatic nitrogens is 3. The van der Waals surface area contributed by atoms with Crippen molar-refractivity contribution in [3.8, 4) is 89.8 Å². The Morgan fingerprint density at radius 2 is 0.733 bits per heavy atom. The van der Waals surface area contributed by atoms with E-state index in [9.17, 15) is 0 Å². The fourth-order valence-electron chi connectivity index (χ4n) is 12.5. The van der Waals surface area contributed by atoms with Crippen LogP contribution in [0.2, 0.25) is 0 Å². The topological polar surface area (TPSA) is 65.0 Å². The predicted octanol–water partition coefficient (Wildman–Crippen LogP) is 18.0. The highest BCUT2D eigenvalue weighted by Gasteiger charge is 2.52. The van der Waals surface area contributed by atoms with Gasteiger partial charge in [-0.1, -0.05) is 200 Å². The summed E-state index contributed by atoms with van der Waals surface area (Å²) in [4.78, 5) is 15.8. The average molecular weight is 956 g/mol. The Bertz CT molecular complexity index is 4630. The lowest BCUT2D eigenvalue weighted by molar-refractivity contribution is 0.668. The molecule has 0 N–H and O–H groups in total. The molecular formula is C70H41N3O2. The minimum atomic E-state index is -0.411. The van der Waals surface area contributed by atoms with Crippen LogP contribution in [0.1, 0.15) is 22.3 Å². The van der Waals surface area contributed by atoms with Crippen LogP contribution >= 0.6 is 0 Å². The SMILES string of the molecule is c1ccc(-c2cccc(-c3nc(-c4ccc5c(c4)oc4ccccc45)nc(-c4cccc5oc6ccc(-c7cccc(-c8cccc9c8-c8ccccc8C98c9ccccc9-c9ccccc98)c7)cc6c45)n3)c2)cc1. The number of para-hydroxylation sites is 1. The summed E-state index contributed by atoms with van der Waals surface area (Å²) >= 11 is 0. The average Bonchev–Trinajstić information content (AvgIpc) is 4.23. The second kappa shape index (κ2) is 16.0. The van der Waals surface area contributed by atoms with E-state index in [0.717, 1.165) is 88.4 Å². The minimum absolute atomic E-state index is 0.411. The highest BCUT2D eigenvalue weighted by Crippen LogP contribution is 2.64. The van der Waals surface area contributed by atoms with Crippen molar-refractivity contribution < 1.29 is 8.83 Å². The van der Waals surface area contributed by atoms with Gasteiger partial charge in [-0.3, -0.25) is 0 Å². The van der Waals surface area contributed by atoms with Gasteiger partial charge < -0.3 is 8.83 Å². The quantitative estimate of drug-likeness (QED) is 0.166. The Morgan fingerprint density at radius 3 is 1.53 bits per heavy atom. The largest absolute Gasteiger partial charge is 0.456 e. The summed E-state index contributed by atoms with van der Waals surface area (Å²) in [5.41, 5.74) is 22.6. The highest BCUT2D eigenvalue weighted by atomic mass is 16.3. The second-order valence-electron chi connectivity index (χ2n) is 19.7. The molecule has 0 saturated carbocycles. The summed E-state index contributed by atoms with van der Waals surface area (Å²) < 4.78 is 13.0. The zero-order valence-electron chi connectivity index (χ0n) is 40.3. The van der Waals surface area contributed by atoms with Crippen molar-refractivity contribution in [3.05, 3.63) is 271 Å². The molecule has 14 aromatic rings. The first-order chi connectivity index (χ1) is 37.2. The van der Waals surface area contributed by atoms with Gasteiger partial charge in [0.2, 0.25) is 0 Å². The van der Waals surface area contributed by atoms with Gasteiger partial charge in [0.25, 0.3) is 0 Å². The summed E-state index contributed by atoms with van der Waals surface area (Å²) in [6.07, 6.45) is 0. The maximum absolute atomic E-state index is 6.67. The van der Waals surface area contributed by atoms with Crippen LogP contribution in [-0.2, 0) is 5.41 Å². The molecule has 3 heterocycles. The molecule has 2 aliphatic carbocycles. The van der Waals surface area contributed by atoms with Crippen LogP contribution in [0.15, 0.2) is 258 Å². The molecule has 348 valence electrons. The molecule has 0 unspecified atom stereocenters. The molecule has 0 radical (unpaired) electrons. The van der Waals surface area contributed by atoms with Crippen molar-refractivity contribution in [2.45, 2.75) is 5.41 Å². The number of hydrogen-bond donors (Lipinski definition) is 0. The summed E-state index contributed by atoms with van der Waals surface area (Å²) in [5, 5.41) is 4.04. The Hall–Kier alpha value is -9.97. The molecule has 0 saturated heterocycles. The molecule has 16 rings (SSSR count). The van der Waals surface area contributed by atoms with Crippen molar-refractivity contribution in [2.75, 3.05) is 0 Å². The Kier molecular flexibility index (Phi) is 8.89. The van der Waals surface area contributed by atoms with Crippen molar-refractivity contribution in [2.24, 2.45) is 0 Å². The van der Waals surface area contributed by atoms with Gasteiger partial charge in [0.05, 0.1) is 5.41 Å². The molecule has 0 bridgehead atoms. The van der Waals surface area contributed by atoms with E-state index < -0.39 is 5.41 Å². The number of furan rings is 2. The fourth-order valence-corrected chi connectivity index (χ4v) is 12.5. The van der Waals surface area contributed by atoms with Crippen LogP contribution in [0.3, 0.4) is 0 Å². The first-order valence-electron chi connectivity index (χ1n) is 25.5. The zero-order valence-corrected chi connectivity index (χ0v) is 40.3. The molecule has 5 nitrogen and oxygen atoms in total. The monoisotopic (exact) mass is 955 g/mol. The van der Waals surface area contributed by atoms with E-state index in [1.807, 2.05) is 42.5 Å². The molecule has 5 heteroatoms. The number of fused-ring (bicyclic) bond motifs is 16. The van der Waals surface area contributed by atoms with Gasteiger partial charge in [0.1, 0.15) is 22.3 Å². The van der Waals surface area contributed by atoms with E-state index in [4.69, 9.17) is 23.8 Å². The van der Waals surface area contributed by atoms with Crippen LogP contribution in [0, 0.1) is 0 Å². The lowest BCUT2D eigenvalue weighted by Gasteiger charge is -2.30. The molecule has 1 spiro atoms. The smallest absolute Gasteiger partial charge is 0.164 e. The van der Waals surface area contributed by atoms with Gasteiger partial charge in [-0.2, -0.15) is 0 Å². The number of rotatable bonds is 6. The van der Waals surface area contributed by atoms with E-state index in [0.29, 0.717) is 17.5 Å². The van der Waals surface area contributed by atoms with E-state index in [1.54, 1.807) is 0 Å². The Labute approximate surface area is 431 Å². The van der Waals surface area contributed by atoms with Gasteiger partial charge in [-0.05, 0) is 126 Å². The van der Waals surface area contributed by atoms with Gasteiger partial charge in [0.15, 0.2) is 17.5 Å². The van der Waals surface area contributed by atoms with Crippen molar-refractivity contribution >= 4 is 43.9 Å². The third-order valence-corrected chi connectivity index (χ3v) is 15.8. The van der Waals surface area contributed by atoms with Gasteiger partial charge in [0, 0.05) is 38.2 Å². The maximum atomic E-state index is 6.67. The third kappa shape index (κ3) is 6.16. The highest BCUT2D eigenvalue weighted by molar-refractivity contribution is 6.13. The second-order valence-corrected chi connectivity index (χ2v) is 19.7. The number of benzene rings is 11. The summed E-state index contributed by atoms with van der Waals surface area (Å²) in [6, 6.07) is 88.7. The van der Waals surface area contributed by atoms with Gasteiger partial charge in [-0.25, -0.2) is 15.0 Å². The standard InChI is InChI=1S/C70H41N3O2/c1-2-16-42(17-3-1)43-18-13-21-47(39-43)67-71-68(48-34-36-53-52-24-7-11-32-61(52)75-64(53)41-48)73-69(72-67)55-27-15-33-63-66(55)56-40-45(35-37-62(56)74-63)44-19-12-20-46(38-44)49-26-14-31-60-65(49)54-25-6-10-30-59(54)70(60)57-28-8-4-22-50(57)51-23-5-9-29-58(51)70/h1-41H. The molecule has 3 aromatic heterocycles. The zero-order chi connectivity index (χ0) is 49.2. The molecule has 0 amide bonds. The summed E-state index contributed by atoms with van der Waals surface area (Å²) in [7, 11) is 0. The number of hydrogen-bond acceptors (Lipinski definition) is 5. The number of nitrogens with zero attached hydrogens (tertiary/aromatic N) is 3. The lowest BCUT2D eigenvalue weighted by Crippen LogP contribution is -2.25. The van der Waals surface area contributed by atoms with Crippen LogP contribution in [-0.4, -0.2) is 15.0 Å². The molecule has 0 atom stereocenters. The van der Waals surface area contributed by atoms with Crippen molar-refractivity contribution in [1.82, 2.24) is 15.0 Å². The van der Waals surface area contributed by atoms with E-state index in [1.165, 1.54) is 50.1 Å². The first-order valence-corrected chi connectivity index (χ1v) is 25.5. The van der Waals surface area contributed by atoms with Gasteiger partial charge in [-0.15, -0.1) is 0 Å². The fraction of sp³-hybridized carbons (Fsp3) is 0.0143. The Morgan fingerprint density at radius 1 is 0.253 bits per heavy atom. The lowest BCUT2D eigenvalue weighted by atomic mass is 9.70. The van der Waals surface area contributed by atoms with Crippen LogP contribution in [0.4, 0.5) is 0 Å². The molecule has 75 heavy (non-hydrogen) atoms. The summed E-state index contributed by atoms with van der Waals surface area (Å²) in [5.74, 6) is 1.67. The molecular weight excluding hydrogens is 915 g/mol. The minimum Gasteiger partial charge on any atom is -0.456 e. The van der Waals surface area contributed by atoms with Crippen molar-refractivity contribution in [1.29, 1.82) is 0 Å². The first kappa shape index (κ1) is 41.6. The predicted molar refractivity (Wildman–Crippen MR) is 303 cm³/mol. The molecule has 2 aliphatic rings. The molecule has 0 aliphatic heterocycles. The third-order valence-electron chi connectivity index (χ3n) is 15.8. The van der Waals surface area contributed by atoms with Crippen LogP contribution < -0.4 is 0 Å². The molecule has 0 fully saturated rings. The van der Waals surface area contributed by atoms with E-state index in [2.05, 4.69) is 206 Å². The van der Waals surface area contributed by atoms with E-state index >= 15 is 0 Å². The molecule has 11 aromatic carbocycles.